The van der Waals surface area contributed by atoms with E-state index in [0.29, 0.717) is 6.54 Å². The third-order valence-electron chi connectivity index (χ3n) is 2.79. The van der Waals surface area contributed by atoms with Gasteiger partial charge in [0.25, 0.3) is 0 Å². The summed E-state index contributed by atoms with van der Waals surface area (Å²) in [5, 5.41) is 0.265. The normalized spacial score (nSPS) is 12.2. The van der Waals surface area contributed by atoms with E-state index in [0.717, 1.165) is 10.2 Å². The van der Waals surface area contributed by atoms with Gasteiger partial charge in [-0.1, -0.05) is 28.1 Å². The highest BCUT2D eigenvalue weighted by atomic mass is 79.9. The van der Waals surface area contributed by atoms with Gasteiger partial charge in [0.05, 0.1) is 7.11 Å². The number of halogens is 1. The molecule has 0 aliphatic carbocycles. The lowest BCUT2D eigenvalue weighted by atomic mass is 10.1. The molecule has 0 bridgehead atoms. The van der Waals surface area contributed by atoms with Crippen LogP contribution < -0.4 is 10.5 Å². The largest absolute Gasteiger partial charge is 0.497 e. The van der Waals surface area contributed by atoms with Crippen molar-refractivity contribution in [2.24, 2.45) is 5.73 Å². The number of nitrogens with two attached hydrogens (primary N) is 1. The summed E-state index contributed by atoms with van der Waals surface area (Å²) in [5.74, 6) is 0.872. The maximum atomic E-state index is 5.89. The van der Waals surface area contributed by atoms with Crippen LogP contribution in [-0.4, -0.2) is 13.7 Å². The highest BCUT2D eigenvalue weighted by Gasteiger charge is 2.11. The first-order valence-corrected chi connectivity index (χ1v) is 7.66. The zero-order valence-corrected chi connectivity index (χ0v) is 13.1. The van der Waals surface area contributed by atoms with Crippen molar-refractivity contribution in [1.29, 1.82) is 0 Å². The Labute approximate surface area is 126 Å². The van der Waals surface area contributed by atoms with Crippen LogP contribution in [0.5, 0.6) is 5.75 Å². The van der Waals surface area contributed by atoms with Gasteiger partial charge in [-0.05, 0) is 42.0 Å². The number of rotatable bonds is 5. The number of benzene rings is 2. The summed E-state index contributed by atoms with van der Waals surface area (Å²) in [7, 11) is 1.67. The van der Waals surface area contributed by atoms with E-state index in [1.807, 2.05) is 24.3 Å². The molecule has 2 rings (SSSR count). The van der Waals surface area contributed by atoms with Crippen molar-refractivity contribution >= 4 is 27.7 Å². The Hall–Kier alpha value is -0.970. The molecule has 0 radical (unpaired) electrons. The summed E-state index contributed by atoms with van der Waals surface area (Å²) in [4.78, 5) is 1.19. The van der Waals surface area contributed by atoms with E-state index in [-0.39, 0.29) is 5.25 Å². The predicted molar refractivity (Wildman–Crippen MR) is 84.8 cm³/mol. The SMILES string of the molecule is COc1ccc(SC(CN)c2ccc(Br)cc2)cc1. The van der Waals surface area contributed by atoms with E-state index in [1.54, 1.807) is 18.9 Å². The van der Waals surface area contributed by atoms with Crippen LogP contribution in [0.15, 0.2) is 57.9 Å². The maximum absolute atomic E-state index is 5.89. The number of hydrogen-bond acceptors (Lipinski definition) is 3. The first kappa shape index (κ1) is 14.4. The van der Waals surface area contributed by atoms with Gasteiger partial charge in [-0.3, -0.25) is 0 Å². The second-order valence-electron chi connectivity index (χ2n) is 4.07. The molecular weight excluding hydrogens is 322 g/mol. The van der Waals surface area contributed by atoms with E-state index in [9.17, 15) is 0 Å². The summed E-state index contributed by atoms with van der Waals surface area (Å²) in [6.45, 7) is 0.609. The monoisotopic (exact) mass is 337 g/mol. The predicted octanol–water partition coefficient (Wildman–Crippen LogP) is 4.25. The lowest BCUT2D eigenvalue weighted by Crippen LogP contribution is -2.09. The van der Waals surface area contributed by atoms with Gasteiger partial charge in [-0.2, -0.15) is 0 Å². The zero-order chi connectivity index (χ0) is 13.7. The second-order valence-corrected chi connectivity index (χ2v) is 6.26. The van der Waals surface area contributed by atoms with Gasteiger partial charge in [0.2, 0.25) is 0 Å². The molecule has 0 spiro atoms. The molecule has 0 amide bonds. The van der Waals surface area contributed by atoms with E-state index < -0.39 is 0 Å². The fourth-order valence-electron chi connectivity index (χ4n) is 1.75. The Bertz CT molecular complexity index is 513. The van der Waals surface area contributed by atoms with Crippen molar-refractivity contribution in [2.75, 3.05) is 13.7 Å². The van der Waals surface area contributed by atoms with E-state index in [4.69, 9.17) is 10.5 Å². The van der Waals surface area contributed by atoms with Crippen molar-refractivity contribution in [3.8, 4) is 5.75 Å². The minimum absolute atomic E-state index is 0.265. The summed E-state index contributed by atoms with van der Waals surface area (Å²) < 4.78 is 6.24. The average Bonchev–Trinajstić information content (AvgIpc) is 2.46. The molecule has 0 saturated heterocycles. The molecule has 100 valence electrons. The van der Waals surface area contributed by atoms with Gasteiger partial charge >= 0.3 is 0 Å². The van der Waals surface area contributed by atoms with Crippen LogP contribution in [0, 0.1) is 0 Å². The Morgan fingerprint density at radius 3 is 2.26 bits per heavy atom. The molecule has 2 aromatic rings. The number of thioether (sulfide) groups is 1. The van der Waals surface area contributed by atoms with Gasteiger partial charge in [-0.25, -0.2) is 0 Å². The molecule has 0 fully saturated rings. The van der Waals surface area contributed by atoms with Crippen LogP contribution in [0.2, 0.25) is 0 Å². The number of ether oxygens (including phenoxy) is 1. The van der Waals surface area contributed by atoms with Crippen molar-refractivity contribution in [1.82, 2.24) is 0 Å². The minimum Gasteiger partial charge on any atom is -0.497 e. The highest BCUT2D eigenvalue weighted by molar-refractivity contribution is 9.10. The van der Waals surface area contributed by atoms with Crippen molar-refractivity contribution < 1.29 is 4.74 Å². The van der Waals surface area contributed by atoms with Gasteiger partial charge < -0.3 is 10.5 Å². The molecule has 0 aromatic heterocycles. The topological polar surface area (TPSA) is 35.2 Å². The van der Waals surface area contributed by atoms with Gasteiger partial charge in [0.1, 0.15) is 5.75 Å². The molecule has 2 N–H and O–H groups in total. The quantitative estimate of drug-likeness (QED) is 0.828. The minimum atomic E-state index is 0.265. The standard InChI is InChI=1S/C15H16BrNOS/c1-18-13-6-8-14(9-7-13)19-15(10-17)11-2-4-12(16)5-3-11/h2-9,15H,10,17H2,1H3. The Balaban J connectivity index is 2.11. The molecule has 2 nitrogen and oxygen atoms in total. The van der Waals surface area contributed by atoms with Crippen LogP contribution in [0.1, 0.15) is 10.8 Å². The third kappa shape index (κ3) is 4.00. The molecule has 0 aliphatic heterocycles. The molecule has 1 unspecified atom stereocenters. The molecule has 0 aliphatic rings. The number of hydrogen-bond donors (Lipinski definition) is 1. The molecule has 1 atom stereocenters. The molecule has 0 heterocycles. The third-order valence-corrected chi connectivity index (χ3v) is 4.62. The second kappa shape index (κ2) is 6.98. The van der Waals surface area contributed by atoms with E-state index >= 15 is 0 Å². The molecule has 2 aromatic carbocycles. The molecular formula is C15H16BrNOS. The average molecular weight is 338 g/mol. The summed E-state index contributed by atoms with van der Waals surface area (Å²) in [6, 6.07) is 16.4. The van der Waals surface area contributed by atoms with Crippen LogP contribution >= 0.6 is 27.7 Å². The van der Waals surface area contributed by atoms with Gasteiger partial charge in [0, 0.05) is 21.2 Å². The fraction of sp³-hybridized carbons (Fsp3) is 0.200. The van der Waals surface area contributed by atoms with Crippen LogP contribution in [0.4, 0.5) is 0 Å². The fourth-order valence-corrected chi connectivity index (χ4v) is 3.02. The summed E-state index contributed by atoms with van der Waals surface area (Å²) in [6.07, 6.45) is 0. The van der Waals surface area contributed by atoms with Crippen LogP contribution in [0.25, 0.3) is 0 Å². The van der Waals surface area contributed by atoms with E-state index in [1.165, 1.54) is 10.5 Å². The zero-order valence-electron chi connectivity index (χ0n) is 10.7. The van der Waals surface area contributed by atoms with Crippen molar-refractivity contribution in [3.05, 3.63) is 58.6 Å². The first-order valence-electron chi connectivity index (χ1n) is 5.99. The van der Waals surface area contributed by atoms with Gasteiger partial charge in [0.15, 0.2) is 0 Å². The Kier molecular flexibility index (Phi) is 5.31. The van der Waals surface area contributed by atoms with Crippen LogP contribution in [-0.2, 0) is 0 Å². The lowest BCUT2D eigenvalue weighted by molar-refractivity contribution is 0.414. The molecule has 0 saturated carbocycles. The van der Waals surface area contributed by atoms with Crippen molar-refractivity contribution in [3.63, 3.8) is 0 Å². The smallest absolute Gasteiger partial charge is 0.118 e. The lowest BCUT2D eigenvalue weighted by Gasteiger charge is -2.15. The first-order chi connectivity index (χ1) is 9.22. The summed E-state index contributed by atoms with van der Waals surface area (Å²) >= 11 is 5.22. The Morgan fingerprint density at radius 2 is 1.74 bits per heavy atom. The van der Waals surface area contributed by atoms with E-state index in [2.05, 4.69) is 40.2 Å². The maximum Gasteiger partial charge on any atom is 0.118 e. The number of methoxy groups -OCH3 is 1. The van der Waals surface area contributed by atoms with Crippen molar-refractivity contribution in [2.45, 2.75) is 10.1 Å². The van der Waals surface area contributed by atoms with Crippen LogP contribution in [0.3, 0.4) is 0 Å². The van der Waals surface area contributed by atoms with Gasteiger partial charge in [-0.15, -0.1) is 11.8 Å². The highest BCUT2D eigenvalue weighted by Crippen LogP contribution is 2.35. The Morgan fingerprint density at radius 1 is 1.11 bits per heavy atom. The summed E-state index contributed by atoms with van der Waals surface area (Å²) in [5.41, 5.74) is 7.13. The molecule has 19 heavy (non-hydrogen) atoms. The molecule has 4 heteroatoms.